The number of hydrogen-bond acceptors (Lipinski definition) is 2. The van der Waals surface area contributed by atoms with Gasteiger partial charge < -0.3 is 5.32 Å². The molecule has 0 heterocycles. The Morgan fingerprint density at radius 1 is 1.16 bits per heavy atom. The van der Waals surface area contributed by atoms with E-state index in [0.717, 1.165) is 11.8 Å². The van der Waals surface area contributed by atoms with Gasteiger partial charge in [-0.1, -0.05) is 46.2 Å². The maximum Gasteiger partial charge on any atom is 0.0248 e. The summed E-state index contributed by atoms with van der Waals surface area (Å²) in [5.74, 6) is 0. The van der Waals surface area contributed by atoms with Crippen LogP contribution in [-0.2, 0) is 5.41 Å². The molecule has 0 aromatic heterocycles. The maximum absolute atomic E-state index is 3.63. The first-order valence-corrected chi connectivity index (χ1v) is 8.39. The van der Waals surface area contributed by atoms with E-state index < -0.39 is 0 Å². The second-order valence-electron chi connectivity index (χ2n) is 6.53. The Kier molecular flexibility index (Phi) is 4.97. The standard InChI is InChI=1S/C17H27NS/c1-5-18-15-7-6-8-16(15)19-14-11-9-13(10-12-14)17(2,3)4/h9-12,15-16,18H,5-8H2,1-4H3. The summed E-state index contributed by atoms with van der Waals surface area (Å²) in [5.41, 5.74) is 1.68. The van der Waals surface area contributed by atoms with E-state index in [1.807, 2.05) is 0 Å². The van der Waals surface area contributed by atoms with Gasteiger partial charge in [-0.25, -0.2) is 0 Å². The van der Waals surface area contributed by atoms with Crippen molar-refractivity contribution in [2.45, 2.75) is 68.6 Å². The van der Waals surface area contributed by atoms with Gasteiger partial charge in [-0.15, -0.1) is 11.8 Å². The van der Waals surface area contributed by atoms with E-state index in [1.54, 1.807) is 0 Å². The lowest BCUT2D eigenvalue weighted by atomic mass is 9.87. The lowest BCUT2D eigenvalue weighted by Crippen LogP contribution is -2.33. The Morgan fingerprint density at radius 3 is 2.42 bits per heavy atom. The third kappa shape index (κ3) is 4.00. The fourth-order valence-corrected chi connectivity index (χ4v) is 4.09. The highest BCUT2D eigenvalue weighted by Crippen LogP contribution is 2.35. The fourth-order valence-electron chi connectivity index (χ4n) is 2.77. The SMILES string of the molecule is CCNC1CCCC1Sc1ccc(C(C)(C)C)cc1. The summed E-state index contributed by atoms with van der Waals surface area (Å²) in [7, 11) is 0. The Bertz CT molecular complexity index is 391. The van der Waals surface area contributed by atoms with Gasteiger partial charge in [-0.2, -0.15) is 0 Å². The van der Waals surface area contributed by atoms with Crippen molar-refractivity contribution in [1.29, 1.82) is 0 Å². The molecular weight excluding hydrogens is 250 g/mol. The molecule has 1 aromatic carbocycles. The van der Waals surface area contributed by atoms with Gasteiger partial charge in [0.05, 0.1) is 0 Å². The molecule has 2 atom stereocenters. The minimum Gasteiger partial charge on any atom is -0.313 e. The van der Waals surface area contributed by atoms with E-state index >= 15 is 0 Å². The monoisotopic (exact) mass is 277 g/mol. The van der Waals surface area contributed by atoms with E-state index in [-0.39, 0.29) is 5.41 Å². The molecule has 0 aliphatic heterocycles. The quantitative estimate of drug-likeness (QED) is 0.862. The molecule has 0 spiro atoms. The van der Waals surface area contributed by atoms with E-state index in [2.05, 4.69) is 69.0 Å². The van der Waals surface area contributed by atoms with Crippen LogP contribution < -0.4 is 5.32 Å². The zero-order valence-corrected chi connectivity index (χ0v) is 13.5. The largest absolute Gasteiger partial charge is 0.313 e. The second-order valence-corrected chi connectivity index (χ2v) is 7.84. The third-order valence-electron chi connectivity index (χ3n) is 3.93. The molecule has 1 fully saturated rings. The molecule has 2 unspecified atom stereocenters. The smallest absolute Gasteiger partial charge is 0.0248 e. The lowest BCUT2D eigenvalue weighted by molar-refractivity contribution is 0.551. The van der Waals surface area contributed by atoms with Crippen LogP contribution in [-0.4, -0.2) is 17.8 Å². The number of hydrogen-bond donors (Lipinski definition) is 1. The highest BCUT2D eigenvalue weighted by Gasteiger charge is 2.27. The first-order valence-electron chi connectivity index (χ1n) is 7.51. The van der Waals surface area contributed by atoms with Gasteiger partial charge in [0.15, 0.2) is 0 Å². The van der Waals surface area contributed by atoms with Gasteiger partial charge in [0, 0.05) is 16.2 Å². The summed E-state index contributed by atoms with van der Waals surface area (Å²) in [6.07, 6.45) is 4.06. The van der Waals surface area contributed by atoms with Crippen molar-refractivity contribution in [3.05, 3.63) is 29.8 Å². The molecule has 19 heavy (non-hydrogen) atoms. The van der Waals surface area contributed by atoms with Gasteiger partial charge >= 0.3 is 0 Å². The van der Waals surface area contributed by atoms with Crippen LogP contribution in [0.4, 0.5) is 0 Å². The summed E-state index contributed by atoms with van der Waals surface area (Å²) in [5, 5.41) is 4.38. The predicted molar refractivity (Wildman–Crippen MR) is 86.1 cm³/mol. The molecule has 0 saturated heterocycles. The topological polar surface area (TPSA) is 12.0 Å². The Morgan fingerprint density at radius 2 is 1.84 bits per heavy atom. The zero-order valence-electron chi connectivity index (χ0n) is 12.7. The molecular formula is C17H27NS. The second kappa shape index (κ2) is 6.32. The van der Waals surface area contributed by atoms with Gasteiger partial charge in [0.1, 0.15) is 0 Å². The van der Waals surface area contributed by atoms with Crippen LogP contribution in [0.1, 0.15) is 52.5 Å². The number of nitrogens with one attached hydrogen (secondary N) is 1. The predicted octanol–water partition coefficient (Wildman–Crippen LogP) is 4.61. The number of thioether (sulfide) groups is 1. The summed E-state index contributed by atoms with van der Waals surface area (Å²) in [6, 6.07) is 9.88. The van der Waals surface area contributed by atoms with Crippen molar-refractivity contribution >= 4 is 11.8 Å². The van der Waals surface area contributed by atoms with Gasteiger partial charge in [0.25, 0.3) is 0 Å². The molecule has 1 saturated carbocycles. The van der Waals surface area contributed by atoms with E-state index in [1.165, 1.54) is 29.7 Å². The summed E-state index contributed by atoms with van der Waals surface area (Å²) >= 11 is 2.06. The lowest BCUT2D eigenvalue weighted by Gasteiger charge is -2.21. The highest BCUT2D eigenvalue weighted by atomic mass is 32.2. The highest BCUT2D eigenvalue weighted by molar-refractivity contribution is 8.00. The van der Waals surface area contributed by atoms with Crippen molar-refractivity contribution in [3.63, 3.8) is 0 Å². The van der Waals surface area contributed by atoms with E-state index in [9.17, 15) is 0 Å². The van der Waals surface area contributed by atoms with Crippen LogP contribution in [0.5, 0.6) is 0 Å². The van der Waals surface area contributed by atoms with E-state index in [4.69, 9.17) is 0 Å². The van der Waals surface area contributed by atoms with Crippen molar-refractivity contribution in [3.8, 4) is 0 Å². The minimum atomic E-state index is 0.253. The first kappa shape index (κ1) is 14.9. The number of benzene rings is 1. The van der Waals surface area contributed by atoms with Crippen LogP contribution in [0.2, 0.25) is 0 Å². The van der Waals surface area contributed by atoms with Crippen LogP contribution in [0.25, 0.3) is 0 Å². The van der Waals surface area contributed by atoms with Crippen molar-refractivity contribution in [1.82, 2.24) is 5.32 Å². The van der Waals surface area contributed by atoms with E-state index in [0.29, 0.717) is 6.04 Å². The molecule has 1 aliphatic rings. The summed E-state index contributed by atoms with van der Waals surface area (Å²) < 4.78 is 0. The first-order chi connectivity index (χ1) is 9.00. The van der Waals surface area contributed by atoms with Crippen LogP contribution in [0.3, 0.4) is 0 Å². The Balaban J connectivity index is 1.99. The average molecular weight is 277 g/mol. The number of rotatable bonds is 4. The minimum absolute atomic E-state index is 0.253. The molecule has 106 valence electrons. The molecule has 2 rings (SSSR count). The molecule has 1 nitrogen and oxygen atoms in total. The maximum atomic E-state index is 3.63. The Labute approximate surface area is 122 Å². The van der Waals surface area contributed by atoms with Crippen LogP contribution in [0.15, 0.2) is 29.2 Å². The fraction of sp³-hybridized carbons (Fsp3) is 0.647. The molecule has 2 heteroatoms. The van der Waals surface area contributed by atoms with Crippen molar-refractivity contribution < 1.29 is 0 Å². The summed E-state index contributed by atoms with van der Waals surface area (Å²) in [6.45, 7) is 10.1. The Hall–Kier alpha value is -0.470. The zero-order chi connectivity index (χ0) is 13.9. The van der Waals surface area contributed by atoms with Gasteiger partial charge in [0.2, 0.25) is 0 Å². The third-order valence-corrected chi connectivity index (χ3v) is 5.34. The molecule has 1 aromatic rings. The average Bonchev–Trinajstić information content (AvgIpc) is 2.77. The van der Waals surface area contributed by atoms with Crippen LogP contribution in [0, 0.1) is 0 Å². The normalized spacial score (nSPS) is 23.8. The van der Waals surface area contributed by atoms with Crippen LogP contribution >= 0.6 is 11.8 Å². The summed E-state index contributed by atoms with van der Waals surface area (Å²) in [4.78, 5) is 1.42. The molecule has 0 radical (unpaired) electrons. The molecule has 0 bridgehead atoms. The van der Waals surface area contributed by atoms with Crippen molar-refractivity contribution in [2.75, 3.05) is 6.54 Å². The van der Waals surface area contributed by atoms with Gasteiger partial charge in [-0.05, 0) is 42.5 Å². The van der Waals surface area contributed by atoms with Gasteiger partial charge in [-0.3, -0.25) is 0 Å². The molecule has 1 N–H and O–H groups in total. The van der Waals surface area contributed by atoms with Crippen molar-refractivity contribution in [2.24, 2.45) is 0 Å². The molecule has 0 amide bonds. The molecule has 1 aliphatic carbocycles.